The molecule has 1 N–H and O–H groups in total. The predicted molar refractivity (Wildman–Crippen MR) is 43.7 cm³/mol. The van der Waals surface area contributed by atoms with Crippen LogP contribution in [-0.4, -0.2) is 6.08 Å². The van der Waals surface area contributed by atoms with Gasteiger partial charge >= 0.3 is 0 Å². The maximum absolute atomic E-state index is 8.35. The van der Waals surface area contributed by atoms with Crippen molar-refractivity contribution in [3.05, 3.63) is 40.8 Å². The number of isocyanates is 1. The Morgan fingerprint density at radius 2 is 1.92 bits per heavy atom. The van der Waals surface area contributed by atoms with Gasteiger partial charge in [-0.05, 0) is 5.53 Å². The molecule has 0 bridgehead atoms. The fourth-order valence-corrected chi connectivity index (χ4v) is 0.546. The van der Waals surface area contributed by atoms with Crippen molar-refractivity contribution in [1.29, 1.82) is 5.41 Å². The first kappa shape index (κ1) is 9.91. The Kier molecular flexibility index (Phi) is 5.80. The van der Waals surface area contributed by atoms with E-state index < -0.39 is 0 Å². The highest BCUT2D eigenvalue weighted by molar-refractivity contribution is 5.35. The Morgan fingerprint density at radius 1 is 1.42 bits per heavy atom. The van der Waals surface area contributed by atoms with Crippen molar-refractivity contribution >= 4 is 11.8 Å². The molecule has 1 aromatic rings. The number of hydrogen-bond donors (Lipinski definition) is 1. The van der Waals surface area contributed by atoms with Crippen molar-refractivity contribution in [3.63, 3.8) is 0 Å². The zero-order chi connectivity index (χ0) is 9.23. The molecule has 0 aromatic heterocycles. The second-order valence-electron chi connectivity index (χ2n) is 1.63. The van der Waals surface area contributed by atoms with E-state index in [1.165, 1.54) is 0 Å². The highest BCUT2D eigenvalue weighted by atomic mass is 16.1. The summed E-state index contributed by atoms with van der Waals surface area (Å²) in [6.45, 7) is 0. The highest BCUT2D eigenvalue weighted by Gasteiger charge is 1.78. The number of azide groups is 1. The van der Waals surface area contributed by atoms with Crippen LogP contribution in [0.15, 0.2) is 35.4 Å². The van der Waals surface area contributed by atoms with Crippen LogP contribution >= 0.6 is 0 Å². The van der Waals surface area contributed by atoms with Gasteiger partial charge in [0.15, 0.2) is 0 Å². The van der Waals surface area contributed by atoms with Gasteiger partial charge in [-0.2, -0.15) is 0 Å². The molecule has 0 fully saturated rings. The molecule has 1 aromatic carbocycles. The van der Waals surface area contributed by atoms with Crippen molar-refractivity contribution in [2.24, 2.45) is 5.11 Å². The van der Waals surface area contributed by atoms with Crippen LogP contribution in [0.25, 0.3) is 10.4 Å². The predicted octanol–water partition coefficient (Wildman–Crippen LogP) is 2.53. The van der Waals surface area contributed by atoms with E-state index in [9.17, 15) is 0 Å². The van der Waals surface area contributed by atoms with Crippen LogP contribution in [0, 0.1) is 5.41 Å². The molecule has 12 heavy (non-hydrogen) atoms. The molecule has 0 unspecified atom stereocenters. The van der Waals surface area contributed by atoms with Crippen molar-refractivity contribution in [2.75, 3.05) is 0 Å². The molecule has 0 amide bonds. The third kappa shape index (κ3) is 4.76. The summed E-state index contributed by atoms with van der Waals surface area (Å²) in [4.78, 5) is 11.0. The molecule has 0 aliphatic carbocycles. The Balaban J connectivity index is 0.000000354. The summed E-state index contributed by atoms with van der Waals surface area (Å²) in [7, 11) is 0. The van der Waals surface area contributed by atoms with Gasteiger partial charge in [-0.15, -0.1) is 0 Å². The lowest BCUT2D eigenvalue weighted by molar-refractivity contribution is 0.563. The minimum atomic E-state index is 0.653. The quantitative estimate of drug-likeness (QED) is 0.222. The van der Waals surface area contributed by atoms with Gasteiger partial charge in [0, 0.05) is 10.6 Å². The van der Waals surface area contributed by atoms with Gasteiger partial charge in [0.2, 0.25) is 6.08 Å². The average Bonchev–Trinajstić information content (AvgIpc) is 2.08. The Hall–Kier alpha value is -2.09. The Morgan fingerprint density at radius 3 is 2.33 bits per heavy atom. The summed E-state index contributed by atoms with van der Waals surface area (Å²) in [5.74, 6) is 0. The van der Waals surface area contributed by atoms with Crippen LogP contribution < -0.4 is 0 Å². The van der Waals surface area contributed by atoms with Crippen molar-refractivity contribution in [1.82, 2.24) is 0 Å². The molecule has 0 atom stereocenters. The molecular weight excluding hydrogens is 156 g/mol. The molecule has 0 saturated heterocycles. The zero-order valence-corrected chi connectivity index (χ0v) is 6.14. The van der Waals surface area contributed by atoms with E-state index in [1.54, 1.807) is 12.1 Å². The van der Waals surface area contributed by atoms with Gasteiger partial charge in [-0.1, -0.05) is 35.4 Å². The van der Waals surface area contributed by atoms with Crippen molar-refractivity contribution in [2.45, 2.75) is 0 Å². The van der Waals surface area contributed by atoms with E-state index in [2.05, 4.69) is 10.0 Å². The van der Waals surface area contributed by atoms with Gasteiger partial charge in [-0.25, -0.2) is 10.2 Å². The van der Waals surface area contributed by atoms with Crippen molar-refractivity contribution in [3.8, 4) is 0 Å². The zero-order valence-electron chi connectivity index (χ0n) is 6.14. The SMILES string of the molecule is N=C=O.[N-]=[N+]=Nc1ccccc1. The number of hydrogen-bond acceptors (Lipinski definition) is 3. The van der Waals surface area contributed by atoms with Gasteiger partial charge < -0.3 is 0 Å². The largest absolute Gasteiger partial charge is 0.231 e. The lowest BCUT2D eigenvalue weighted by Crippen LogP contribution is -1.56. The van der Waals surface area contributed by atoms with E-state index >= 15 is 0 Å². The van der Waals surface area contributed by atoms with Gasteiger partial charge in [0.1, 0.15) is 0 Å². The number of carbonyl (C=O) groups excluding carboxylic acids is 1. The third-order valence-corrected chi connectivity index (χ3v) is 0.916. The molecule has 1 rings (SSSR count). The normalized spacial score (nSPS) is 6.67. The first-order valence-corrected chi connectivity index (χ1v) is 2.99. The summed E-state index contributed by atoms with van der Waals surface area (Å²) >= 11 is 0. The first-order valence-electron chi connectivity index (χ1n) is 2.99. The van der Waals surface area contributed by atoms with Crippen molar-refractivity contribution < 1.29 is 4.79 Å². The molecule has 5 nitrogen and oxygen atoms in total. The van der Waals surface area contributed by atoms with E-state index in [0.717, 1.165) is 6.08 Å². The monoisotopic (exact) mass is 162 g/mol. The van der Waals surface area contributed by atoms with Gasteiger partial charge in [-0.3, -0.25) is 0 Å². The molecule has 0 radical (unpaired) electrons. The smallest absolute Gasteiger partial charge is 0.222 e. The number of benzene rings is 1. The lowest BCUT2D eigenvalue weighted by Gasteiger charge is -1.83. The average molecular weight is 162 g/mol. The van der Waals surface area contributed by atoms with E-state index in [1.807, 2.05) is 18.2 Å². The number of nitrogens with zero attached hydrogens (tertiary/aromatic N) is 3. The lowest BCUT2D eigenvalue weighted by atomic mass is 10.3. The summed E-state index contributed by atoms with van der Waals surface area (Å²) in [6, 6.07) is 9.02. The van der Waals surface area contributed by atoms with Crippen LogP contribution in [0.2, 0.25) is 0 Å². The summed E-state index contributed by atoms with van der Waals surface area (Å²) in [6.07, 6.45) is 0.750. The summed E-state index contributed by atoms with van der Waals surface area (Å²) in [5, 5.41) is 8.79. The van der Waals surface area contributed by atoms with Crippen LogP contribution in [0.1, 0.15) is 0 Å². The second kappa shape index (κ2) is 7.02. The Labute approximate surface area is 68.8 Å². The maximum atomic E-state index is 8.35. The van der Waals surface area contributed by atoms with Gasteiger partial charge in [0.25, 0.3) is 0 Å². The maximum Gasteiger partial charge on any atom is 0.231 e. The standard InChI is InChI=1S/C6H5N3.CHNO/c7-9-8-6-4-2-1-3-5-6;2-1-3/h1-5H;2H. The topological polar surface area (TPSA) is 89.7 Å². The molecule has 0 spiro atoms. The minimum absolute atomic E-state index is 0.653. The van der Waals surface area contributed by atoms with Crippen LogP contribution in [0.4, 0.5) is 5.69 Å². The fourth-order valence-electron chi connectivity index (χ4n) is 0.546. The molecule has 0 aliphatic heterocycles. The highest BCUT2D eigenvalue weighted by Crippen LogP contribution is 2.08. The van der Waals surface area contributed by atoms with Crippen LogP contribution in [0.3, 0.4) is 0 Å². The molecule has 60 valence electrons. The molecule has 0 aliphatic rings. The van der Waals surface area contributed by atoms with E-state index in [4.69, 9.17) is 15.7 Å². The fraction of sp³-hybridized carbons (Fsp3) is 0. The molecular formula is C7H6N4O. The van der Waals surface area contributed by atoms with E-state index in [-0.39, 0.29) is 0 Å². The van der Waals surface area contributed by atoms with Crippen LogP contribution in [0.5, 0.6) is 0 Å². The first-order chi connectivity index (χ1) is 5.85. The molecule has 5 heteroatoms. The minimum Gasteiger partial charge on any atom is -0.222 e. The summed E-state index contributed by atoms with van der Waals surface area (Å²) < 4.78 is 0. The van der Waals surface area contributed by atoms with E-state index in [0.29, 0.717) is 5.69 Å². The Bertz CT molecular complexity index is 296. The van der Waals surface area contributed by atoms with Gasteiger partial charge in [0.05, 0.1) is 0 Å². The summed E-state index contributed by atoms with van der Waals surface area (Å²) in [5.41, 5.74) is 8.63. The van der Waals surface area contributed by atoms with Crippen LogP contribution in [-0.2, 0) is 4.79 Å². The molecule has 0 saturated carbocycles. The second-order valence-corrected chi connectivity index (χ2v) is 1.63. The molecule has 0 heterocycles. The number of nitrogens with one attached hydrogen (secondary N) is 1. The third-order valence-electron chi connectivity index (χ3n) is 0.916. The number of rotatable bonds is 1.